The van der Waals surface area contributed by atoms with Gasteiger partial charge in [0.05, 0.1) is 0 Å². The van der Waals surface area contributed by atoms with E-state index < -0.39 is 0 Å². The number of hydrogen-bond donors (Lipinski definition) is 0. The molecular formula is C5H7BN2S. The molecule has 0 bridgehead atoms. The minimum absolute atomic E-state index is 0.601. The van der Waals surface area contributed by atoms with E-state index in [-0.39, 0.29) is 0 Å². The van der Waals surface area contributed by atoms with Gasteiger partial charge >= 0.3 is 0 Å². The van der Waals surface area contributed by atoms with Gasteiger partial charge < -0.3 is 4.90 Å². The molecule has 9 heavy (non-hydrogen) atoms. The SMILES string of the molecule is [B]c1csc(N(C)C)n1. The molecule has 2 nitrogen and oxygen atoms in total. The molecule has 4 heteroatoms. The van der Waals surface area contributed by atoms with Crippen molar-refractivity contribution in [3.05, 3.63) is 5.38 Å². The molecule has 0 aliphatic carbocycles. The Morgan fingerprint density at radius 1 is 1.67 bits per heavy atom. The van der Waals surface area contributed by atoms with Gasteiger partial charge in [-0.05, 0) is 0 Å². The fourth-order valence-electron chi connectivity index (χ4n) is 0.482. The minimum Gasteiger partial charge on any atom is -0.354 e. The van der Waals surface area contributed by atoms with Gasteiger partial charge in [-0.15, -0.1) is 11.3 Å². The molecular weight excluding hydrogens is 131 g/mol. The van der Waals surface area contributed by atoms with Crippen LogP contribution in [-0.2, 0) is 0 Å². The maximum atomic E-state index is 5.39. The van der Waals surface area contributed by atoms with E-state index in [0.717, 1.165) is 5.13 Å². The average molecular weight is 138 g/mol. The van der Waals surface area contributed by atoms with E-state index in [1.54, 1.807) is 11.3 Å². The van der Waals surface area contributed by atoms with Gasteiger partial charge in [0, 0.05) is 25.1 Å². The Morgan fingerprint density at radius 3 is 2.56 bits per heavy atom. The Balaban J connectivity index is 2.85. The van der Waals surface area contributed by atoms with Crippen LogP contribution in [0.15, 0.2) is 5.38 Å². The summed E-state index contributed by atoms with van der Waals surface area (Å²) in [7, 11) is 9.27. The molecule has 1 heterocycles. The number of nitrogens with zero attached hydrogens (tertiary/aromatic N) is 2. The quantitative estimate of drug-likeness (QED) is 0.508. The largest absolute Gasteiger partial charge is 0.354 e. The van der Waals surface area contributed by atoms with Crippen molar-refractivity contribution in [2.24, 2.45) is 0 Å². The Kier molecular flexibility index (Phi) is 1.76. The third-order valence-corrected chi connectivity index (χ3v) is 1.92. The van der Waals surface area contributed by atoms with Crippen molar-refractivity contribution < 1.29 is 0 Å². The summed E-state index contributed by atoms with van der Waals surface area (Å²) in [6.45, 7) is 0. The second kappa shape index (κ2) is 2.39. The number of rotatable bonds is 1. The number of thiazole rings is 1. The standard InChI is InChI=1S/C5H7BN2S/c1-8(2)5-7-4(6)3-9-5/h3H,1-2H3. The van der Waals surface area contributed by atoms with Crippen LogP contribution in [-0.4, -0.2) is 26.9 Å². The van der Waals surface area contributed by atoms with Crippen molar-refractivity contribution >= 4 is 29.9 Å². The van der Waals surface area contributed by atoms with Gasteiger partial charge in [-0.2, -0.15) is 0 Å². The Bertz CT molecular complexity index is 197. The van der Waals surface area contributed by atoms with E-state index in [4.69, 9.17) is 7.85 Å². The summed E-state index contributed by atoms with van der Waals surface area (Å²) in [6, 6.07) is 0. The van der Waals surface area contributed by atoms with Gasteiger partial charge in [0.1, 0.15) is 7.85 Å². The predicted octanol–water partition coefficient (Wildman–Crippen LogP) is 0.00290. The molecule has 46 valence electrons. The smallest absolute Gasteiger partial charge is 0.184 e. The van der Waals surface area contributed by atoms with Crippen molar-refractivity contribution in [2.45, 2.75) is 0 Å². The lowest BCUT2D eigenvalue weighted by Crippen LogP contribution is -2.10. The van der Waals surface area contributed by atoms with Crippen LogP contribution in [0.2, 0.25) is 0 Å². The lowest BCUT2D eigenvalue weighted by atomic mass is 10.1. The molecule has 0 fully saturated rings. The van der Waals surface area contributed by atoms with E-state index in [1.165, 1.54) is 0 Å². The Morgan fingerprint density at radius 2 is 2.33 bits per heavy atom. The lowest BCUT2D eigenvalue weighted by molar-refractivity contribution is 1.11. The van der Waals surface area contributed by atoms with E-state index in [9.17, 15) is 0 Å². The van der Waals surface area contributed by atoms with Crippen LogP contribution >= 0.6 is 11.3 Å². The van der Waals surface area contributed by atoms with Crippen LogP contribution < -0.4 is 10.5 Å². The second-order valence-electron chi connectivity index (χ2n) is 1.95. The highest BCUT2D eigenvalue weighted by Gasteiger charge is 1.96. The molecule has 2 radical (unpaired) electrons. The molecule has 0 unspecified atom stereocenters. The first-order chi connectivity index (χ1) is 4.20. The van der Waals surface area contributed by atoms with E-state index in [2.05, 4.69) is 4.98 Å². The van der Waals surface area contributed by atoms with Gasteiger partial charge in [-0.25, -0.2) is 4.98 Å². The van der Waals surface area contributed by atoms with Crippen LogP contribution in [0.25, 0.3) is 0 Å². The molecule has 1 aromatic rings. The third-order valence-electron chi connectivity index (χ3n) is 0.892. The molecule has 1 rings (SSSR count). The molecule has 0 saturated heterocycles. The summed E-state index contributed by atoms with van der Waals surface area (Å²) in [5, 5.41) is 2.78. The number of hydrogen-bond acceptors (Lipinski definition) is 3. The van der Waals surface area contributed by atoms with Crippen LogP contribution in [0.1, 0.15) is 0 Å². The van der Waals surface area contributed by atoms with Gasteiger partial charge in [0.25, 0.3) is 0 Å². The zero-order valence-electron chi connectivity index (χ0n) is 5.46. The molecule has 0 amide bonds. The zero-order chi connectivity index (χ0) is 6.85. The molecule has 0 aliphatic heterocycles. The van der Waals surface area contributed by atoms with Crippen LogP contribution in [0.4, 0.5) is 5.13 Å². The third kappa shape index (κ3) is 1.45. The van der Waals surface area contributed by atoms with Gasteiger partial charge in [-0.1, -0.05) is 0 Å². The van der Waals surface area contributed by atoms with Crippen molar-refractivity contribution in [3.63, 3.8) is 0 Å². The van der Waals surface area contributed by atoms with E-state index in [0.29, 0.717) is 5.59 Å². The van der Waals surface area contributed by atoms with Crippen molar-refractivity contribution in [1.82, 2.24) is 4.98 Å². The molecule has 0 saturated carbocycles. The molecule has 0 atom stereocenters. The average Bonchev–Trinajstić information content (AvgIpc) is 2.14. The summed E-state index contributed by atoms with van der Waals surface area (Å²) < 4.78 is 0. The molecule has 0 N–H and O–H groups in total. The number of anilines is 1. The first-order valence-corrected chi connectivity index (χ1v) is 3.46. The summed E-state index contributed by atoms with van der Waals surface area (Å²) >= 11 is 1.55. The highest BCUT2D eigenvalue weighted by molar-refractivity contribution is 7.14. The molecule has 0 aromatic carbocycles. The minimum atomic E-state index is 0.601. The maximum Gasteiger partial charge on any atom is 0.184 e. The van der Waals surface area contributed by atoms with Crippen molar-refractivity contribution in [2.75, 3.05) is 19.0 Å². The monoisotopic (exact) mass is 138 g/mol. The normalized spacial score (nSPS) is 9.56. The fourth-order valence-corrected chi connectivity index (χ4v) is 1.13. The topological polar surface area (TPSA) is 16.1 Å². The maximum absolute atomic E-state index is 5.39. The Hall–Kier alpha value is -0.505. The zero-order valence-corrected chi connectivity index (χ0v) is 6.27. The number of aromatic nitrogens is 1. The molecule has 1 aromatic heterocycles. The Labute approximate surface area is 59.9 Å². The lowest BCUT2D eigenvalue weighted by Gasteiger charge is -2.04. The van der Waals surface area contributed by atoms with Crippen LogP contribution in [0.5, 0.6) is 0 Å². The van der Waals surface area contributed by atoms with E-state index in [1.807, 2.05) is 24.4 Å². The second-order valence-corrected chi connectivity index (χ2v) is 2.79. The molecule has 0 spiro atoms. The predicted molar refractivity (Wildman–Crippen MR) is 41.8 cm³/mol. The highest BCUT2D eigenvalue weighted by atomic mass is 32.1. The first kappa shape index (κ1) is 6.61. The fraction of sp³-hybridized carbons (Fsp3) is 0.400. The van der Waals surface area contributed by atoms with Gasteiger partial charge in [-0.3, -0.25) is 0 Å². The van der Waals surface area contributed by atoms with Gasteiger partial charge in [0.15, 0.2) is 5.13 Å². The van der Waals surface area contributed by atoms with Crippen LogP contribution in [0, 0.1) is 0 Å². The van der Waals surface area contributed by atoms with E-state index >= 15 is 0 Å². The van der Waals surface area contributed by atoms with Crippen molar-refractivity contribution in [1.29, 1.82) is 0 Å². The first-order valence-electron chi connectivity index (χ1n) is 2.58. The summed E-state index contributed by atoms with van der Waals surface area (Å²) in [6.07, 6.45) is 0. The summed E-state index contributed by atoms with van der Waals surface area (Å²) in [5.74, 6) is 0. The summed E-state index contributed by atoms with van der Waals surface area (Å²) in [5.41, 5.74) is 0.601. The highest BCUT2D eigenvalue weighted by Crippen LogP contribution is 2.10. The molecule has 0 aliphatic rings. The van der Waals surface area contributed by atoms with Crippen LogP contribution in [0.3, 0.4) is 0 Å². The van der Waals surface area contributed by atoms with Crippen molar-refractivity contribution in [3.8, 4) is 0 Å². The summed E-state index contributed by atoms with van der Waals surface area (Å²) in [4.78, 5) is 5.96. The van der Waals surface area contributed by atoms with Gasteiger partial charge in [0.2, 0.25) is 0 Å².